The Morgan fingerprint density at radius 2 is 0.885 bits per heavy atom. The third-order valence-corrected chi connectivity index (χ3v) is 25.0. The number of carbonyl (C=O) groups is 4. The quantitative estimate of drug-likeness (QED) is 0.0196. The molecule has 2 aliphatic rings. The first-order valence-electron chi connectivity index (χ1n) is 32.1. The Kier molecular flexibility index (Phi) is 25.6. The molecule has 4 amide bonds. The molecule has 556 valence electrons. The van der Waals surface area contributed by atoms with Gasteiger partial charge in [0.15, 0.2) is 23.0 Å². The summed E-state index contributed by atoms with van der Waals surface area (Å²) in [6.45, 7) is 13.0. The predicted octanol–water partition coefficient (Wildman–Crippen LogP) is 11.5. The largest absolute Gasteiger partial charge is 0.445 e. The van der Waals surface area contributed by atoms with Crippen LogP contribution >= 0.6 is 30.4 Å². The number of aryl methyl sites for hydroxylation is 2. The molecule has 6 heterocycles. The van der Waals surface area contributed by atoms with Crippen molar-refractivity contribution >= 4 is 77.5 Å². The van der Waals surface area contributed by atoms with Crippen LogP contribution in [-0.4, -0.2) is 168 Å². The maximum atomic E-state index is 15.3. The zero-order chi connectivity index (χ0) is 75.6. The number of ether oxygens (including phenoxy) is 4. The summed E-state index contributed by atoms with van der Waals surface area (Å²) in [5.74, 6) is -0.534. The summed E-state index contributed by atoms with van der Waals surface area (Å²) in [5.41, 5.74) is 4.33. The van der Waals surface area contributed by atoms with Gasteiger partial charge in [0.1, 0.15) is 36.2 Å². The van der Waals surface area contributed by atoms with E-state index in [1.54, 1.807) is 130 Å². The minimum Gasteiger partial charge on any atom is -0.445 e. The third kappa shape index (κ3) is 21.1. The van der Waals surface area contributed by atoms with Crippen molar-refractivity contribution in [2.45, 2.75) is 116 Å². The van der Waals surface area contributed by atoms with E-state index in [4.69, 9.17) is 37.0 Å². The first kappa shape index (κ1) is 79.0. The van der Waals surface area contributed by atoms with E-state index in [0.29, 0.717) is 45.4 Å². The van der Waals surface area contributed by atoms with Gasteiger partial charge in [-0.3, -0.25) is 48.7 Å². The average Bonchev–Trinajstić information content (AvgIpc) is 0.971. The Morgan fingerprint density at radius 3 is 1.18 bits per heavy atom. The number of hydrogen-bond acceptors (Lipinski definition) is 24. The Hall–Kier alpha value is -9.14. The van der Waals surface area contributed by atoms with E-state index < -0.39 is 120 Å². The molecule has 0 radical (unpaired) electrons. The number of halogens is 2. The highest BCUT2D eigenvalue weighted by Gasteiger charge is 2.53. The lowest BCUT2D eigenvalue weighted by Crippen LogP contribution is -2.27. The number of pyridine rings is 2. The van der Waals surface area contributed by atoms with Crippen LogP contribution < -0.4 is 20.4 Å². The molecule has 4 aromatic carbocycles. The molecule has 40 heteroatoms. The molecule has 0 aliphatic carbocycles. The van der Waals surface area contributed by atoms with Crippen molar-refractivity contribution in [3.8, 4) is 45.3 Å². The zero-order valence-corrected chi connectivity index (χ0v) is 61.2. The number of amides is 4. The fourth-order valence-electron chi connectivity index (χ4n) is 10.4. The molecule has 34 nitrogen and oxygen atoms in total. The first-order valence-corrected chi connectivity index (χ1v) is 38.7. The standard InChI is InChI=1S/C38H50FN7O10P2.C26H26FN7O10P2/c1-23(2)53-57(49,54-24(3)4)35(58(50,55-25(5)6)56-26(7)8)18-27-10-13-29(14-11-27)41-37(47)51-22-31-21-46(38(48)52-31)30-15-16-32(33(39)19-30)28-12-17-34(40-20-28)36-42-44-45(9)43-36;1-33-31-24(30-32-33)22-9-4-16(12-28-22)20-8-7-18(11-21(20)27)34-13-19(44-26(34)36)14-43-25(35)29-17-5-2-15(3-6-17)10-23(45(37,38)39)46(40,41)42/h10-17,19-20,23-26,31,35H,18,21-22H2,1-9H3,(H,41,47);2-9,11-12,19,23H,10,13-14H2,1H3,(H,29,35)(H2,37,38,39)(H2,40,41,42)/t31-;19-/m11/s1. The number of aromatic nitrogens is 10. The van der Waals surface area contributed by atoms with Gasteiger partial charge in [0.2, 0.25) is 11.6 Å². The Bertz CT molecular complexity index is 4460. The number of rotatable bonds is 28. The van der Waals surface area contributed by atoms with Gasteiger partial charge >= 0.3 is 54.8 Å². The lowest BCUT2D eigenvalue weighted by atomic mass is 10.1. The molecule has 104 heavy (non-hydrogen) atoms. The fraction of sp³-hybridized carbons (Fsp3) is 0.375. The molecular formula is C64H76F2N14O20P4. The lowest BCUT2D eigenvalue weighted by molar-refractivity contribution is 0.0798. The van der Waals surface area contributed by atoms with Gasteiger partial charge < -0.3 is 56.6 Å². The number of carbonyl (C=O) groups excluding carboxylic acids is 4. The second-order valence-corrected chi connectivity index (χ2v) is 33.4. The average molecular weight is 1520 g/mol. The topological polar surface area (TPSA) is 435 Å². The SMILES string of the molecule is CC(C)OP(=O)(OC(C)C)C(Cc1ccc(NC(=O)OC[C@H]2CN(c3ccc(-c4ccc(-c5nnn(C)n5)nc4)c(F)c3)C(=O)O2)cc1)P(=O)(OC(C)C)OC(C)C.Cn1nnc(-c2ccc(-c3ccc(N4C[C@H](COC(=O)Nc5ccc(CC(P(=O)(O)O)P(=O)(O)O)cc5)OC4=O)cc3F)cn2)n1. The third-order valence-electron chi connectivity index (χ3n) is 14.9. The number of nitrogens with one attached hydrogen (secondary N) is 2. The lowest BCUT2D eigenvalue weighted by Gasteiger charge is -2.35. The normalized spacial score (nSPS) is 15.1. The van der Waals surface area contributed by atoms with Crippen molar-refractivity contribution in [3.63, 3.8) is 0 Å². The van der Waals surface area contributed by atoms with Crippen molar-refractivity contribution in [3.05, 3.63) is 144 Å². The summed E-state index contributed by atoms with van der Waals surface area (Å²) in [4.78, 5) is 101. The second kappa shape index (κ2) is 33.7. The molecule has 0 saturated carbocycles. The van der Waals surface area contributed by atoms with Gasteiger partial charge in [-0.1, -0.05) is 36.4 Å². The van der Waals surface area contributed by atoms with Gasteiger partial charge in [0.05, 0.1) is 63.0 Å². The van der Waals surface area contributed by atoms with Crippen LogP contribution in [0.1, 0.15) is 66.5 Å². The Balaban J connectivity index is 0.000000248. The van der Waals surface area contributed by atoms with Gasteiger partial charge in [0.25, 0.3) is 0 Å². The van der Waals surface area contributed by atoms with Crippen LogP contribution in [0.4, 0.5) is 50.7 Å². The molecule has 2 atom stereocenters. The van der Waals surface area contributed by atoms with Crippen molar-refractivity contribution in [1.29, 1.82) is 0 Å². The molecular weight excluding hydrogens is 1450 g/mol. The number of anilines is 4. The molecule has 2 saturated heterocycles. The maximum absolute atomic E-state index is 15.3. The van der Waals surface area contributed by atoms with Crippen LogP contribution in [0.5, 0.6) is 0 Å². The van der Waals surface area contributed by atoms with E-state index in [9.17, 15) is 57.0 Å². The fourth-order valence-corrected chi connectivity index (χ4v) is 18.8. The predicted molar refractivity (Wildman–Crippen MR) is 372 cm³/mol. The molecule has 8 aromatic rings. The minimum absolute atomic E-state index is 0.0118. The highest BCUT2D eigenvalue weighted by molar-refractivity contribution is 7.72. The minimum atomic E-state index is -5.09. The highest BCUT2D eigenvalue weighted by atomic mass is 31.2. The summed E-state index contributed by atoms with van der Waals surface area (Å²) >= 11 is 0. The van der Waals surface area contributed by atoms with Gasteiger partial charge in [0, 0.05) is 46.0 Å². The zero-order valence-electron chi connectivity index (χ0n) is 57.6. The Morgan fingerprint density at radius 1 is 0.529 bits per heavy atom. The molecule has 4 aromatic heterocycles. The molecule has 2 fully saturated rings. The monoisotopic (exact) mass is 1520 g/mol. The van der Waals surface area contributed by atoms with Crippen LogP contribution in [0, 0.1) is 11.6 Å². The van der Waals surface area contributed by atoms with Crippen molar-refractivity contribution < 1.29 is 103 Å². The van der Waals surface area contributed by atoms with E-state index in [-0.39, 0.29) is 66.5 Å². The molecule has 0 spiro atoms. The summed E-state index contributed by atoms with van der Waals surface area (Å²) in [6.07, 6.45) is -4.66. The van der Waals surface area contributed by atoms with Crippen LogP contribution in [0.25, 0.3) is 45.3 Å². The second-order valence-electron chi connectivity index (χ2n) is 24.7. The van der Waals surface area contributed by atoms with Crippen LogP contribution in [0.15, 0.2) is 122 Å². The van der Waals surface area contributed by atoms with E-state index in [1.807, 2.05) is 0 Å². The number of benzene rings is 4. The van der Waals surface area contributed by atoms with Gasteiger partial charge in [-0.25, -0.2) is 28.0 Å². The van der Waals surface area contributed by atoms with E-state index in [0.717, 1.165) is 0 Å². The molecule has 6 N–H and O–H groups in total. The van der Waals surface area contributed by atoms with Crippen molar-refractivity contribution in [1.82, 2.24) is 50.4 Å². The van der Waals surface area contributed by atoms with Crippen LogP contribution in [0.3, 0.4) is 0 Å². The number of hydrogen-bond donors (Lipinski definition) is 6. The molecule has 10 rings (SSSR count). The Labute approximate surface area is 594 Å². The summed E-state index contributed by atoms with van der Waals surface area (Å²) in [6, 6.07) is 27.1. The summed E-state index contributed by atoms with van der Waals surface area (Å²) in [7, 11) is -15.2. The van der Waals surface area contributed by atoms with Gasteiger partial charge in [-0.15, -0.1) is 20.4 Å². The van der Waals surface area contributed by atoms with Crippen molar-refractivity contribution in [2.75, 3.05) is 46.7 Å². The number of tetrazole rings is 2. The molecule has 0 unspecified atom stereocenters. The van der Waals surface area contributed by atoms with E-state index in [1.165, 1.54) is 80.3 Å². The van der Waals surface area contributed by atoms with Crippen LogP contribution in [0.2, 0.25) is 0 Å². The van der Waals surface area contributed by atoms with Crippen LogP contribution in [-0.2, 0) is 82.2 Å². The number of nitrogens with zero attached hydrogens (tertiary/aromatic N) is 12. The number of cyclic esters (lactones) is 2. The molecule has 0 bridgehead atoms. The maximum Gasteiger partial charge on any atom is 0.414 e. The summed E-state index contributed by atoms with van der Waals surface area (Å²) < 4.78 is 127. The van der Waals surface area contributed by atoms with Gasteiger partial charge in [-0.05, 0) is 163 Å². The smallest absolute Gasteiger partial charge is 0.414 e. The van der Waals surface area contributed by atoms with Crippen molar-refractivity contribution in [2.24, 2.45) is 14.1 Å². The van der Waals surface area contributed by atoms with E-state index in [2.05, 4.69) is 51.4 Å². The van der Waals surface area contributed by atoms with E-state index >= 15 is 8.78 Å². The molecule has 2 aliphatic heterocycles. The summed E-state index contributed by atoms with van der Waals surface area (Å²) in [5, 5.41) is 25.1. The highest BCUT2D eigenvalue weighted by Crippen LogP contribution is 2.72. The first-order chi connectivity index (χ1) is 49.0. The van der Waals surface area contributed by atoms with Gasteiger partial charge in [-0.2, -0.15) is 9.59 Å².